The van der Waals surface area contributed by atoms with Gasteiger partial charge in [-0.05, 0) is 74.1 Å². The van der Waals surface area contributed by atoms with Crippen LogP contribution in [-0.4, -0.2) is 9.97 Å². The van der Waals surface area contributed by atoms with Crippen molar-refractivity contribution in [3.05, 3.63) is 158 Å². The number of benzene rings is 8. The molecule has 47 heavy (non-hydrogen) atoms. The van der Waals surface area contributed by atoms with Gasteiger partial charge >= 0.3 is 0 Å². The Labute approximate surface area is 270 Å². The molecule has 0 atom stereocenters. The van der Waals surface area contributed by atoms with E-state index < -0.39 is 0 Å². The van der Waals surface area contributed by atoms with Crippen LogP contribution >= 0.6 is 0 Å². The third-order valence-corrected chi connectivity index (χ3v) is 9.42. The molecule has 0 radical (unpaired) electrons. The maximum Gasteiger partial charge on any atom is 0.160 e. The van der Waals surface area contributed by atoms with Crippen LogP contribution in [0.1, 0.15) is 0 Å². The quantitative estimate of drug-likeness (QED) is 0.189. The molecule has 0 aliphatic rings. The van der Waals surface area contributed by atoms with E-state index in [1.165, 1.54) is 38.2 Å². The fraction of sp³-hybridized carbons (Fsp3) is 0. The Morgan fingerprint density at radius 3 is 1.49 bits per heavy atom. The lowest BCUT2D eigenvalue weighted by Gasteiger charge is -2.12. The van der Waals surface area contributed by atoms with E-state index in [9.17, 15) is 0 Å². The normalized spacial score (nSPS) is 11.8. The molecule has 0 amide bonds. The lowest BCUT2D eigenvalue weighted by atomic mass is 9.91. The van der Waals surface area contributed by atoms with Crippen molar-refractivity contribution < 1.29 is 4.42 Å². The van der Waals surface area contributed by atoms with Gasteiger partial charge < -0.3 is 4.42 Å². The monoisotopic (exact) mass is 598 g/mol. The van der Waals surface area contributed by atoms with Crippen LogP contribution in [0.5, 0.6) is 0 Å². The number of nitrogens with zero attached hydrogens (tertiary/aromatic N) is 2. The molecule has 3 nitrogen and oxygen atoms in total. The van der Waals surface area contributed by atoms with Crippen LogP contribution in [0, 0.1) is 0 Å². The fourth-order valence-electron chi connectivity index (χ4n) is 7.21. The van der Waals surface area contributed by atoms with Crippen molar-refractivity contribution in [2.24, 2.45) is 0 Å². The summed E-state index contributed by atoms with van der Waals surface area (Å²) in [6.07, 6.45) is 0. The molecular formula is C44H26N2O. The predicted octanol–water partition coefficient (Wildman–Crippen LogP) is 11.9. The predicted molar refractivity (Wildman–Crippen MR) is 195 cm³/mol. The summed E-state index contributed by atoms with van der Waals surface area (Å²) in [7, 11) is 0. The maximum atomic E-state index is 6.71. The zero-order valence-electron chi connectivity index (χ0n) is 25.3. The molecule has 0 fully saturated rings. The third kappa shape index (κ3) is 4.07. The zero-order chi connectivity index (χ0) is 30.9. The number of aromatic nitrogens is 2. The van der Waals surface area contributed by atoms with Crippen molar-refractivity contribution in [3.8, 4) is 44.9 Å². The first-order valence-electron chi connectivity index (χ1n) is 15.9. The average Bonchev–Trinajstić information content (AvgIpc) is 3.53. The van der Waals surface area contributed by atoms with E-state index in [1.807, 2.05) is 12.1 Å². The van der Waals surface area contributed by atoms with Gasteiger partial charge in [0.2, 0.25) is 0 Å². The molecule has 0 N–H and O–H groups in total. The van der Waals surface area contributed by atoms with Gasteiger partial charge in [-0.15, -0.1) is 0 Å². The minimum Gasteiger partial charge on any atom is -0.456 e. The van der Waals surface area contributed by atoms with Gasteiger partial charge in [-0.1, -0.05) is 127 Å². The van der Waals surface area contributed by atoms with Crippen LogP contribution < -0.4 is 0 Å². The summed E-state index contributed by atoms with van der Waals surface area (Å²) in [4.78, 5) is 10.4. The van der Waals surface area contributed by atoms with Crippen molar-refractivity contribution in [1.29, 1.82) is 0 Å². The highest BCUT2D eigenvalue weighted by molar-refractivity contribution is 6.34. The Morgan fingerprint density at radius 1 is 0.340 bits per heavy atom. The molecule has 8 aromatic carbocycles. The van der Waals surface area contributed by atoms with E-state index in [1.54, 1.807) is 0 Å². The highest BCUT2D eigenvalue weighted by atomic mass is 16.3. The summed E-state index contributed by atoms with van der Waals surface area (Å²) in [6, 6.07) is 55.4. The highest BCUT2D eigenvalue weighted by Crippen LogP contribution is 2.46. The lowest BCUT2D eigenvalue weighted by Crippen LogP contribution is -1.95. The first-order chi connectivity index (χ1) is 23.3. The molecule has 3 heteroatoms. The van der Waals surface area contributed by atoms with Gasteiger partial charge in [0.15, 0.2) is 5.82 Å². The molecule has 0 unspecified atom stereocenters. The molecule has 0 aliphatic heterocycles. The summed E-state index contributed by atoms with van der Waals surface area (Å²) in [5.74, 6) is 0.678. The standard InChI is InChI=1S/C44H26N2O/c1-3-11-27(12-4-1)29-19-21-30(22-20-29)43-35-17-9-10-18-38(35)45-44(46-43)32-24-37-34-16-8-7-15-33(34)36-23-31(28-13-5-2-6-14-28)25-39-41(36)42(37)40(26-32)47-39/h1-26H. The molecule has 10 aromatic rings. The molecular weight excluding hydrogens is 572 g/mol. The van der Waals surface area contributed by atoms with Crippen LogP contribution in [0.2, 0.25) is 0 Å². The van der Waals surface area contributed by atoms with Crippen LogP contribution in [0.4, 0.5) is 0 Å². The number of hydrogen-bond acceptors (Lipinski definition) is 3. The summed E-state index contributed by atoms with van der Waals surface area (Å²) in [5, 5.41) is 8.10. The summed E-state index contributed by atoms with van der Waals surface area (Å²) < 4.78 is 6.71. The van der Waals surface area contributed by atoms with Crippen LogP contribution in [0.15, 0.2) is 162 Å². The summed E-state index contributed by atoms with van der Waals surface area (Å²) in [6.45, 7) is 0. The topological polar surface area (TPSA) is 38.9 Å². The van der Waals surface area contributed by atoms with Crippen LogP contribution in [-0.2, 0) is 0 Å². The number of rotatable bonds is 4. The first kappa shape index (κ1) is 26.0. The molecule has 10 rings (SSSR count). The van der Waals surface area contributed by atoms with Crippen LogP contribution in [0.3, 0.4) is 0 Å². The van der Waals surface area contributed by atoms with Gasteiger partial charge in [0, 0.05) is 27.3 Å². The van der Waals surface area contributed by atoms with Gasteiger partial charge in [-0.2, -0.15) is 0 Å². The number of fused-ring (bicyclic) bond motifs is 4. The Hall–Kier alpha value is -6.32. The SMILES string of the molecule is c1ccc(-c2ccc(-c3nc(-c4cc5oc6cc(-c7ccccc7)cc7c8ccccc8c(c4)c5c67)nc4ccccc34)cc2)cc1. The maximum absolute atomic E-state index is 6.71. The van der Waals surface area contributed by atoms with Crippen molar-refractivity contribution in [2.75, 3.05) is 0 Å². The Bertz CT molecular complexity index is 2760. The van der Waals surface area contributed by atoms with E-state index in [0.29, 0.717) is 5.82 Å². The second kappa shape index (κ2) is 10.1. The molecule has 0 saturated heterocycles. The third-order valence-electron chi connectivity index (χ3n) is 9.42. The van der Waals surface area contributed by atoms with E-state index in [0.717, 1.165) is 55.2 Å². The van der Waals surface area contributed by atoms with Crippen molar-refractivity contribution in [1.82, 2.24) is 9.97 Å². The second-order valence-corrected chi connectivity index (χ2v) is 12.2. The molecule has 0 spiro atoms. The molecule has 2 aromatic heterocycles. The average molecular weight is 599 g/mol. The number of hydrogen-bond donors (Lipinski definition) is 0. The van der Waals surface area contributed by atoms with Crippen LogP contribution in [0.25, 0.3) is 99.3 Å². The van der Waals surface area contributed by atoms with Crippen molar-refractivity contribution >= 4 is 54.4 Å². The molecule has 218 valence electrons. The molecule has 0 saturated carbocycles. The Balaban J connectivity index is 1.21. The van der Waals surface area contributed by atoms with Gasteiger partial charge in [0.1, 0.15) is 11.2 Å². The molecule has 0 bridgehead atoms. The zero-order valence-corrected chi connectivity index (χ0v) is 25.3. The van der Waals surface area contributed by atoms with E-state index in [4.69, 9.17) is 14.4 Å². The Morgan fingerprint density at radius 2 is 0.830 bits per heavy atom. The smallest absolute Gasteiger partial charge is 0.160 e. The van der Waals surface area contributed by atoms with Gasteiger partial charge in [-0.3, -0.25) is 0 Å². The summed E-state index contributed by atoms with van der Waals surface area (Å²) in [5.41, 5.74) is 10.2. The largest absolute Gasteiger partial charge is 0.456 e. The summed E-state index contributed by atoms with van der Waals surface area (Å²) >= 11 is 0. The first-order valence-corrected chi connectivity index (χ1v) is 15.9. The fourth-order valence-corrected chi connectivity index (χ4v) is 7.21. The van der Waals surface area contributed by atoms with E-state index in [-0.39, 0.29) is 0 Å². The van der Waals surface area contributed by atoms with Gasteiger partial charge in [0.05, 0.1) is 11.2 Å². The molecule has 2 heterocycles. The minimum atomic E-state index is 0.678. The highest BCUT2D eigenvalue weighted by Gasteiger charge is 2.21. The lowest BCUT2D eigenvalue weighted by molar-refractivity contribution is 0.669. The minimum absolute atomic E-state index is 0.678. The van der Waals surface area contributed by atoms with E-state index in [2.05, 4.69) is 146 Å². The number of furan rings is 1. The van der Waals surface area contributed by atoms with E-state index >= 15 is 0 Å². The van der Waals surface area contributed by atoms with Crippen molar-refractivity contribution in [3.63, 3.8) is 0 Å². The Kier molecular flexibility index (Phi) is 5.57. The number of para-hydroxylation sites is 1. The van der Waals surface area contributed by atoms with Crippen molar-refractivity contribution in [2.45, 2.75) is 0 Å². The van der Waals surface area contributed by atoms with Gasteiger partial charge in [0.25, 0.3) is 0 Å². The molecule has 0 aliphatic carbocycles. The second-order valence-electron chi connectivity index (χ2n) is 12.2. The van der Waals surface area contributed by atoms with Gasteiger partial charge in [-0.25, -0.2) is 9.97 Å².